The molecule has 1 fully saturated rings. The Balaban J connectivity index is 1.37. The first-order valence-corrected chi connectivity index (χ1v) is 14.7. The lowest BCUT2D eigenvalue weighted by Crippen LogP contribution is -2.42. The van der Waals surface area contributed by atoms with E-state index in [9.17, 15) is 13.6 Å². The maximum Gasteiger partial charge on any atom is 0.317 e. The number of rotatable bonds is 5. The van der Waals surface area contributed by atoms with Gasteiger partial charge < -0.3 is 19.9 Å². The van der Waals surface area contributed by atoms with Gasteiger partial charge in [-0.2, -0.15) is 10.2 Å². The van der Waals surface area contributed by atoms with E-state index >= 15 is 0 Å². The van der Waals surface area contributed by atoms with Crippen LogP contribution in [0.5, 0.6) is 0 Å². The molecule has 1 N–H and O–H groups in total. The van der Waals surface area contributed by atoms with E-state index in [0.29, 0.717) is 32.2 Å². The number of carbonyl (C=O) groups excluding carboxylic acids is 1. The summed E-state index contributed by atoms with van der Waals surface area (Å²) in [6.07, 6.45) is 8.56. The summed E-state index contributed by atoms with van der Waals surface area (Å²) in [5.41, 5.74) is 4.55. The summed E-state index contributed by atoms with van der Waals surface area (Å²) >= 11 is 0. The number of hydrogen-bond donors (Lipinski definition) is 1. The van der Waals surface area contributed by atoms with E-state index in [1.54, 1.807) is 20.2 Å². The number of ether oxygens (including phenoxy) is 1. The number of nitrogens with one attached hydrogen (secondary N) is 1. The SMILES string of the molecule is CNC(=O)N1CCc2c(c(N3CCCC4=C3C=C(C(F)F)C(C3C=NN(C)C3)C4)nn2C2CCC(OC)CC2)C1. The number of alkyl halides is 2. The molecule has 0 aromatic carbocycles. The minimum atomic E-state index is -2.52. The number of halogens is 2. The van der Waals surface area contributed by atoms with Crippen molar-refractivity contribution in [1.29, 1.82) is 0 Å². The minimum Gasteiger partial charge on any atom is -0.381 e. The first kappa shape index (κ1) is 27.2. The van der Waals surface area contributed by atoms with E-state index in [-0.39, 0.29) is 29.5 Å². The van der Waals surface area contributed by atoms with Crippen molar-refractivity contribution >= 4 is 18.1 Å². The van der Waals surface area contributed by atoms with Crippen LogP contribution in [0, 0.1) is 11.8 Å². The highest BCUT2D eigenvalue weighted by Crippen LogP contribution is 2.45. The average molecular weight is 558 g/mol. The van der Waals surface area contributed by atoms with Gasteiger partial charge in [0.15, 0.2) is 5.82 Å². The van der Waals surface area contributed by atoms with Crippen LogP contribution in [0.2, 0.25) is 0 Å². The number of hydrazone groups is 1. The molecule has 1 aromatic heterocycles. The predicted molar refractivity (Wildman–Crippen MR) is 150 cm³/mol. The van der Waals surface area contributed by atoms with Crippen LogP contribution in [0.3, 0.4) is 0 Å². The molecule has 1 aromatic rings. The molecule has 0 spiro atoms. The van der Waals surface area contributed by atoms with Crippen LogP contribution in [0.4, 0.5) is 19.4 Å². The Bertz CT molecular complexity index is 1220. The van der Waals surface area contributed by atoms with E-state index in [1.807, 2.05) is 23.2 Å². The van der Waals surface area contributed by atoms with Crippen LogP contribution < -0.4 is 10.2 Å². The van der Waals surface area contributed by atoms with Crippen LogP contribution in [0.25, 0.3) is 0 Å². The highest BCUT2D eigenvalue weighted by molar-refractivity contribution is 5.75. The summed E-state index contributed by atoms with van der Waals surface area (Å²) in [6, 6.07) is 0.173. The third-order valence-corrected chi connectivity index (χ3v) is 9.55. The Morgan fingerprint density at radius 1 is 1.18 bits per heavy atom. The number of amides is 2. The van der Waals surface area contributed by atoms with E-state index in [1.165, 1.54) is 11.3 Å². The zero-order valence-electron chi connectivity index (χ0n) is 23.8. The minimum absolute atomic E-state index is 0.00927. The highest BCUT2D eigenvalue weighted by Gasteiger charge is 2.40. The first-order valence-electron chi connectivity index (χ1n) is 14.7. The number of methoxy groups -OCH3 is 1. The smallest absolute Gasteiger partial charge is 0.317 e. The van der Waals surface area contributed by atoms with Gasteiger partial charge in [0.05, 0.1) is 18.7 Å². The van der Waals surface area contributed by atoms with Crippen molar-refractivity contribution in [2.45, 2.75) is 76.5 Å². The summed E-state index contributed by atoms with van der Waals surface area (Å²) in [7, 11) is 5.32. The van der Waals surface area contributed by atoms with E-state index in [0.717, 1.165) is 68.6 Å². The van der Waals surface area contributed by atoms with E-state index < -0.39 is 6.43 Å². The molecule has 6 rings (SSSR count). The maximum atomic E-state index is 14.5. The second kappa shape index (κ2) is 11.1. The fourth-order valence-corrected chi connectivity index (χ4v) is 7.40. The molecule has 0 bridgehead atoms. The van der Waals surface area contributed by atoms with Crippen molar-refractivity contribution in [3.63, 3.8) is 0 Å². The number of urea groups is 1. The number of aromatic nitrogens is 2. The Morgan fingerprint density at radius 3 is 2.65 bits per heavy atom. The molecule has 3 aliphatic heterocycles. The maximum absolute atomic E-state index is 14.5. The molecule has 2 aliphatic carbocycles. The van der Waals surface area contributed by atoms with Crippen LogP contribution in [0.1, 0.15) is 62.2 Å². The normalized spacial score (nSPS) is 28.6. The van der Waals surface area contributed by atoms with Crippen LogP contribution in [-0.4, -0.2) is 85.3 Å². The largest absolute Gasteiger partial charge is 0.381 e. The molecule has 5 aliphatic rings. The van der Waals surface area contributed by atoms with Crippen molar-refractivity contribution in [2.75, 3.05) is 45.7 Å². The molecule has 11 heteroatoms. The molecule has 2 unspecified atom stereocenters. The van der Waals surface area contributed by atoms with Crippen LogP contribution >= 0.6 is 0 Å². The molecule has 218 valence electrons. The van der Waals surface area contributed by atoms with Gasteiger partial charge in [0.2, 0.25) is 0 Å². The lowest BCUT2D eigenvalue weighted by Gasteiger charge is -2.38. The van der Waals surface area contributed by atoms with Gasteiger partial charge in [-0.1, -0.05) is 0 Å². The highest BCUT2D eigenvalue weighted by atomic mass is 19.3. The molecule has 4 heterocycles. The van der Waals surface area contributed by atoms with Gasteiger partial charge in [0.1, 0.15) is 0 Å². The van der Waals surface area contributed by atoms with Crippen LogP contribution in [-0.2, 0) is 17.7 Å². The number of nitrogens with zero attached hydrogens (tertiary/aromatic N) is 6. The topological polar surface area (TPSA) is 78.2 Å². The molecule has 1 saturated carbocycles. The Morgan fingerprint density at radius 2 is 1.98 bits per heavy atom. The molecule has 9 nitrogen and oxygen atoms in total. The van der Waals surface area contributed by atoms with Crippen molar-refractivity contribution in [2.24, 2.45) is 16.9 Å². The van der Waals surface area contributed by atoms with Gasteiger partial charge in [-0.25, -0.2) is 13.6 Å². The van der Waals surface area contributed by atoms with E-state index in [4.69, 9.17) is 9.84 Å². The second-order valence-electron chi connectivity index (χ2n) is 11.9. The van der Waals surface area contributed by atoms with Crippen molar-refractivity contribution in [3.05, 3.63) is 34.2 Å². The summed E-state index contributed by atoms with van der Waals surface area (Å²) < 4.78 is 36.9. The van der Waals surface area contributed by atoms with Gasteiger partial charge in [-0.3, -0.25) is 9.69 Å². The molecule has 0 radical (unpaired) electrons. The summed E-state index contributed by atoms with van der Waals surface area (Å²) in [5, 5.41) is 14.2. The monoisotopic (exact) mass is 557 g/mol. The Labute approximate surface area is 234 Å². The third-order valence-electron chi connectivity index (χ3n) is 9.55. The molecular weight excluding hydrogens is 516 g/mol. The summed E-state index contributed by atoms with van der Waals surface area (Å²) in [6.45, 7) is 2.49. The fourth-order valence-electron chi connectivity index (χ4n) is 7.40. The quantitative estimate of drug-likeness (QED) is 0.584. The van der Waals surface area contributed by atoms with Crippen molar-refractivity contribution in [3.8, 4) is 0 Å². The number of fused-ring (bicyclic) bond motifs is 1. The molecular formula is C29H41F2N7O2. The zero-order chi connectivity index (χ0) is 28.0. The molecule has 0 saturated heterocycles. The Kier molecular flexibility index (Phi) is 7.58. The average Bonchev–Trinajstić information content (AvgIpc) is 3.59. The predicted octanol–water partition coefficient (Wildman–Crippen LogP) is 4.32. The fraction of sp³-hybridized carbons (Fsp3) is 0.690. The van der Waals surface area contributed by atoms with E-state index in [2.05, 4.69) is 20.0 Å². The Hall–Kier alpha value is -2.95. The standard InChI is InChI=1S/C29H41F2N7O2/c1-32-29(39)36-12-10-25-24(17-36)28(34-38(25)20-6-8-21(40-3)9-7-20)37-11-4-5-18-13-22(19-15-33-35(2)16-19)23(27(30)31)14-26(18)37/h14-15,19-22,27H,4-13,16-17H2,1-3H3,(H,32,39). The van der Waals surface area contributed by atoms with Gasteiger partial charge in [-0.05, 0) is 62.5 Å². The van der Waals surface area contributed by atoms with Gasteiger partial charge in [-0.15, -0.1) is 0 Å². The summed E-state index contributed by atoms with van der Waals surface area (Å²) in [4.78, 5) is 16.6. The first-order chi connectivity index (χ1) is 19.4. The number of carbonyl (C=O) groups is 1. The third kappa shape index (κ3) is 4.90. The zero-order valence-corrected chi connectivity index (χ0v) is 23.8. The number of anilines is 1. The lowest BCUT2D eigenvalue weighted by molar-refractivity contribution is 0.0563. The molecule has 2 amide bonds. The molecule has 40 heavy (non-hydrogen) atoms. The number of allylic oxidation sites excluding steroid dienone is 3. The van der Waals surface area contributed by atoms with Crippen LogP contribution in [0.15, 0.2) is 28.0 Å². The van der Waals surface area contributed by atoms with Gasteiger partial charge in [0.25, 0.3) is 6.43 Å². The second-order valence-corrected chi connectivity index (χ2v) is 11.9. The van der Waals surface area contributed by atoms with Crippen molar-refractivity contribution in [1.82, 2.24) is 25.0 Å². The summed E-state index contributed by atoms with van der Waals surface area (Å²) in [5.74, 6) is 0.582. The van der Waals surface area contributed by atoms with Gasteiger partial charge >= 0.3 is 6.03 Å². The van der Waals surface area contributed by atoms with Gasteiger partial charge in [0, 0.05) is 81.9 Å². The molecule has 2 atom stereocenters. The van der Waals surface area contributed by atoms with Crippen molar-refractivity contribution < 1.29 is 18.3 Å². The number of hydrogen-bond acceptors (Lipinski definition) is 6. The lowest BCUT2D eigenvalue weighted by atomic mass is 9.76.